The van der Waals surface area contributed by atoms with Gasteiger partial charge in [-0.1, -0.05) is 42.5 Å². The van der Waals surface area contributed by atoms with E-state index < -0.39 is 0 Å². The highest BCUT2D eigenvalue weighted by Crippen LogP contribution is 2.26. The van der Waals surface area contributed by atoms with Crippen LogP contribution in [-0.4, -0.2) is 28.5 Å². The zero-order valence-electron chi connectivity index (χ0n) is 11.9. The van der Waals surface area contributed by atoms with E-state index in [0.717, 1.165) is 25.8 Å². The Balaban J connectivity index is 1.78. The highest BCUT2D eigenvalue weighted by molar-refractivity contribution is 5.97. The minimum Gasteiger partial charge on any atom is -0.507 e. The SMILES string of the molecule is O=C(c1ccccc1O)N1CCC[C@H]1Cc1ccccc1. The van der Waals surface area contributed by atoms with Crippen LogP contribution >= 0.6 is 0 Å². The normalized spacial score (nSPS) is 17.9. The fourth-order valence-corrected chi connectivity index (χ4v) is 3.01. The molecule has 2 aromatic rings. The number of hydrogen-bond donors (Lipinski definition) is 1. The van der Waals surface area contributed by atoms with Crippen LogP contribution in [0.25, 0.3) is 0 Å². The van der Waals surface area contributed by atoms with Crippen molar-refractivity contribution in [2.75, 3.05) is 6.54 Å². The number of amides is 1. The average molecular weight is 281 g/mol. The maximum atomic E-state index is 12.6. The summed E-state index contributed by atoms with van der Waals surface area (Å²) in [6.07, 6.45) is 2.92. The molecule has 1 aliphatic heterocycles. The lowest BCUT2D eigenvalue weighted by Gasteiger charge is -2.25. The summed E-state index contributed by atoms with van der Waals surface area (Å²) in [5.41, 5.74) is 1.65. The van der Waals surface area contributed by atoms with Gasteiger partial charge in [0.2, 0.25) is 0 Å². The average Bonchev–Trinajstić information content (AvgIpc) is 2.96. The maximum absolute atomic E-state index is 12.6. The van der Waals surface area contributed by atoms with Gasteiger partial charge in [0.05, 0.1) is 5.56 Å². The molecule has 21 heavy (non-hydrogen) atoms. The van der Waals surface area contributed by atoms with Gasteiger partial charge in [-0.2, -0.15) is 0 Å². The van der Waals surface area contributed by atoms with Gasteiger partial charge in [-0.15, -0.1) is 0 Å². The van der Waals surface area contributed by atoms with Gasteiger partial charge < -0.3 is 10.0 Å². The topological polar surface area (TPSA) is 40.5 Å². The van der Waals surface area contributed by atoms with E-state index in [9.17, 15) is 9.90 Å². The first-order valence-electron chi connectivity index (χ1n) is 7.38. The van der Waals surface area contributed by atoms with Gasteiger partial charge in [0.25, 0.3) is 5.91 Å². The van der Waals surface area contributed by atoms with Crippen LogP contribution in [0.1, 0.15) is 28.8 Å². The van der Waals surface area contributed by atoms with E-state index >= 15 is 0 Å². The van der Waals surface area contributed by atoms with E-state index in [0.29, 0.717) is 5.56 Å². The second-order valence-electron chi connectivity index (χ2n) is 5.50. The molecule has 1 amide bonds. The second kappa shape index (κ2) is 6.00. The molecule has 0 aromatic heterocycles. The third-order valence-electron chi connectivity index (χ3n) is 4.09. The highest BCUT2D eigenvalue weighted by atomic mass is 16.3. The molecule has 2 aromatic carbocycles. The summed E-state index contributed by atoms with van der Waals surface area (Å²) in [6, 6.07) is 17.3. The molecule has 1 atom stereocenters. The number of carbonyl (C=O) groups is 1. The molecule has 1 saturated heterocycles. The molecule has 0 aliphatic carbocycles. The molecular formula is C18H19NO2. The van der Waals surface area contributed by atoms with Crippen molar-refractivity contribution in [1.82, 2.24) is 4.90 Å². The van der Waals surface area contributed by atoms with Crippen molar-refractivity contribution < 1.29 is 9.90 Å². The van der Waals surface area contributed by atoms with Crippen LogP contribution in [0.5, 0.6) is 5.75 Å². The lowest BCUT2D eigenvalue weighted by molar-refractivity contribution is 0.0733. The predicted molar refractivity (Wildman–Crippen MR) is 82.3 cm³/mol. The van der Waals surface area contributed by atoms with Crippen LogP contribution in [0.2, 0.25) is 0 Å². The standard InChI is InChI=1S/C18H19NO2/c20-17-11-5-4-10-16(17)18(21)19-12-6-9-15(19)13-14-7-2-1-3-8-14/h1-5,7-8,10-11,15,20H,6,9,12-13H2/t15-/m0/s1. The number of carbonyl (C=O) groups excluding carboxylic acids is 1. The number of phenolic OH excluding ortho intramolecular Hbond substituents is 1. The maximum Gasteiger partial charge on any atom is 0.257 e. The molecule has 0 saturated carbocycles. The molecule has 0 unspecified atom stereocenters. The summed E-state index contributed by atoms with van der Waals surface area (Å²) in [6.45, 7) is 0.769. The molecule has 3 nitrogen and oxygen atoms in total. The van der Waals surface area contributed by atoms with Gasteiger partial charge in [0.15, 0.2) is 0 Å². The van der Waals surface area contributed by atoms with Gasteiger partial charge in [-0.3, -0.25) is 4.79 Å². The Labute approximate surface area is 124 Å². The van der Waals surface area contributed by atoms with Gasteiger partial charge in [-0.05, 0) is 37.0 Å². The summed E-state index contributed by atoms with van der Waals surface area (Å²) < 4.78 is 0. The number of benzene rings is 2. The Kier molecular flexibility index (Phi) is 3.91. The number of rotatable bonds is 3. The predicted octanol–water partition coefficient (Wildman–Crippen LogP) is 3.24. The van der Waals surface area contributed by atoms with Gasteiger partial charge in [-0.25, -0.2) is 0 Å². The zero-order chi connectivity index (χ0) is 14.7. The molecule has 108 valence electrons. The third kappa shape index (κ3) is 2.92. The largest absolute Gasteiger partial charge is 0.507 e. The van der Waals surface area contributed by atoms with Crippen LogP contribution < -0.4 is 0 Å². The number of hydrogen-bond acceptors (Lipinski definition) is 2. The smallest absolute Gasteiger partial charge is 0.257 e. The van der Waals surface area contributed by atoms with Crippen LogP contribution in [0, 0.1) is 0 Å². The molecular weight excluding hydrogens is 262 g/mol. The minimum absolute atomic E-state index is 0.0628. The van der Waals surface area contributed by atoms with Crippen molar-refractivity contribution in [2.24, 2.45) is 0 Å². The summed E-state index contributed by atoms with van der Waals surface area (Å²) in [5.74, 6) is -0.000563. The number of para-hydroxylation sites is 1. The first-order valence-corrected chi connectivity index (χ1v) is 7.38. The quantitative estimate of drug-likeness (QED) is 0.938. The van der Waals surface area contributed by atoms with Gasteiger partial charge >= 0.3 is 0 Å². The van der Waals surface area contributed by atoms with E-state index in [1.54, 1.807) is 24.3 Å². The van der Waals surface area contributed by atoms with Crippen molar-refractivity contribution in [3.63, 3.8) is 0 Å². The summed E-state index contributed by atoms with van der Waals surface area (Å²) in [4.78, 5) is 14.5. The molecule has 1 N–H and O–H groups in total. The summed E-state index contributed by atoms with van der Waals surface area (Å²) >= 11 is 0. The van der Waals surface area contributed by atoms with E-state index in [-0.39, 0.29) is 17.7 Å². The van der Waals surface area contributed by atoms with Crippen molar-refractivity contribution >= 4 is 5.91 Å². The van der Waals surface area contributed by atoms with Crippen molar-refractivity contribution in [3.8, 4) is 5.75 Å². The molecule has 1 heterocycles. The number of phenols is 1. The molecule has 0 bridgehead atoms. The fraction of sp³-hybridized carbons (Fsp3) is 0.278. The van der Waals surface area contributed by atoms with Crippen molar-refractivity contribution in [3.05, 3.63) is 65.7 Å². The van der Waals surface area contributed by atoms with Crippen molar-refractivity contribution in [2.45, 2.75) is 25.3 Å². The number of aromatic hydroxyl groups is 1. The first-order chi connectivity index (χ1) is 10.3. The Morgan fingerprint density at radius 1 is 1.10 bits per heavy atom. The van der Waals surface area contributed by atoms with Gasteiger partial charge in [0.1, 0.15) is 5.75 Å². The fourth-order valence-electron chi connectivity index (χ4n) is 3.01. The molecule has 1 fully saturated rings. The monoisotopic (exact) mass is 281 g/mol. The van der Waals surface area contributed by atoms with Crippen LogP contribution in [-0.2, 0) is 6.42 Å². The molecule has 3 rings (SSSR count). The minimum atomic E-state index is -0.0634. The molecule has 0 spiro atoms. The van der Waals surface area contributed by atoms with E-state index in [1.165, 1.54) is 5.56 Å². The Morgan fingerprint density at radius 3 is 2.57 bits per heavy atom. The molecule has 3 heteroatoms. The van der Waals surface area contributed by atoms with E-state index in [2.05, 4.69) is 12.1 Å². The molecule has 0 radical (unpaired) electrons. The third-order valence-corrected chi connectivity index (χ3v) is 4.09. The summed E-state index contributed by atoms with van der Waals surface area (Å²) in [7, 11) is 0. The first kappa shape index (κ1) is 13.7. The highest BCUT2D eigenvalue weighted by Gasteiger charge is 2.30. The van der Waals surface area contributed by atoms with Crippen LogP contribution in [0.4, 0.5) is 0 Å². The Bertz CT molecular complexity index is 624. The summed E-state index contributed by atoms with van der Waals surface area (Å²) in [5, 5.41) is 9.87. The van der Waals surface area contributed by atoms with Crippen LogP contribution in [0.15, 0.2) is 54.6 Å². The number of likely N-dealkylation sites (tertiary alicyclic amines) is 1. The molecule has 1 aliphatic rings. The Morgan fingerprint density at radius 2 is 1.81 bits per heavy atom. The van der Waals surface area contributed by atoms with E-state index in [1.807, 2.05) is 23.1 Å². The lowest BCUT2D eigenvalue weighted by Crippen LogP contribution is -2.36. The Hall–Kier alpha value is -2.29. The van der Waals surface area contributed by atoms with Crippen LogP contribution in [0.3, 0.4) is 0 Å². The van der Waals surface area contributed by atoms with Gasteiger partial charge in [0, 0.05) is 12.6 Å². The second-order valence-corrected chi connectivity index (χ2v) is 5.50. The lowest BCUT2D eigenvalue weighted by atomic mass is 10.0. The van der Waals surface area contributed by atoms with Crippen molar-refractivity contribution in [1.29, 1.82) is 0 Å². The van der Waals surface area contributed by atoms with E-state index in [4.69, 9.17) is 0 Å². The zero-order valence-corrected chi connectivity index (χ0v) is 11.9. The number of nitrogens with zero attached hydrogens (tertiary/aromatic N) is 1.